The SMILES string of the molecule is CCOc1cc(C(=O)O)cc(Cl)c1OCCCN(C)C. The van der Waals surface area contributed by atoms with E-state index in [1.54, 1.807) is 0 Å². The van der Waals surface area contributed by atoms with Gasteiger partial charge >= 0.3 is 5.97 Å². The molecule has 1 aromatic carbocycles. The molecule has 0 fully saturated rings. The molecule has 0 aliphatic rings. The Hall–Kier alpha value is -1.46. The highest BCUT2D eigenvalue weighted by atomic mass is 35.5. The quantitative estimate of drug-likeness (QED) is 0.748. The Morgan fingerprint density at radius 1 is 1.35 bits per heavy atom. The summed E-state index contributed by atoms with van der Waals surface area (Å²) < 4.78 is 11.0. The van der Waals surface area contributed by atoms with E-state index in [0.717, 1.165) is 13.0 Å². The van der Waals surface area contributed by atoms with Crippen LogP contribution >= 0.6 is 11.6 Å². The summed E-state index contributed by atoms with van der Waals surface area (Å²) in [6.45, 7) is 3.61. The van der Waals surface area contributed by atoms with Crippen LogP contribution in [0.5, 0.6) is 11.5 Å². The normalized spacial score (nSPS) is 10.7. The van der Waals surface area contributed by atoms with E-state index in [4.69, 9.17) is 26.2 Å². The molecule has 0 bridgehead atoms. The first-order valence-corrected chi connectivity index (χ1v) is 6.80. The van der Waals surface area contributed by atoms with Gasteiger partial charge in [0.1, 0.15) is 0 Å². The van der Waals surface area contributed by atoms with Crippen LogP contribution in [0.15, 0.2) is 12.1 Å². The van der Waals surface area contributed by atoms with Gasteiger partial charge in [0.2, 0.25) is 0 Å². The summed E-state index contributed by atoms with van der Waals surface area (Å²) in [6, 6.07) is 2.80. The van der Waals surface area contributed by atoms with Gasteiger partial charge in [0.25, 0.3) is 0 Å². The van der Waals surface area contributed by atoms with Crippen LogP contribution in [0.25, 0.3) is 0 Å². The van der Waals surface area contributed by atoms with E-state index in [2.05, 4.69) is 4.90 Å². The fourth-order valence-corrected chi connectivity index (χ4v) is 1.91. The Labute approximate surface area is 124 Å². The minimum Gasteiger partial charge on any atom is -0.490 e. The molecule has 0 amide bonds. The van der Waals surface area contributed by atoms with Crippen molar-refractivity contribution in [1.29, 1.82) is 0 Å². The maximum atomic E-state index is 11.0. The van der Waals surface area contributed by atoms with Crippen molar-refractivity contribution in [3.63, 3.8) is 0 Å². The van der Waals surface area contributed by atoms with Gasteiger partial charge in [-0.1, -0.05) is 11.6 Å². The summed E-state index contributed by atoms with van der Waals surface area (Å²) in [5.74, 6) is -0.286. The van der Waals surface area contributed by atoms with Crippen LogP contribution < -0.4 is 9.47 Å². The molecule has 0 saturated carbocycles. The molecule has 0 heterocycles. The second-order valence-corrected chi connectivity index (χ2v) is 4.94. The molecule has 0 spiro atoms. The number of ether oxygens (including phenoxy) is 2. The molecule has 0 aliphatic heterocycles. The van der Waals surface area contributed by atoms with Gasteiger partial charge in [-0.3, -0.25) is 0 Å². The van der Waals surface area contributed by atoms with Crippen LogP contribution in [0.2, 0.25) is 5.02 Å². The Kier molecular flexibility index (Phi) is 6.61. The Morgan fingerprint density at radius 3 is 2.60 bits per heavy atom. The fourth-order valence-electron chi connectivity index (χ4n) is 1.65. The molecule has 0 saturated heterocycles. The molecule has 0 aliphatic carbocycles. The predicted octanol–water partition coefficient (Wildman–Crippen LogP) is 2.77. The van der Waals surface area contributed by atoms with Crippen molar-refractivity contribution in [2.45, 2.75) is 13.3 Å². The second-order valence-electron chi connectivity index (χ2n) is 4.53. The number of hydrogen-bond donors (Lipinski definition) is 1. The average Bonchev–Trinajstić information content (AvgIpc) is 2.36. The molecule has 1 rings (SSSR count). The highest BCUT2D eigenvalue weighted by Crippen LogP contribution is 2.36. The van der Waals surface area contributed by atoms with E-state index >= 15 is 0 Å². The van der Waals surface area contributed by atoms with E-state index in [9.17, 15) is 4.79 Å². The van der Waals surface area contributed by atoms with Gasteiger partial charge in [-0.05, 0) is 39.6 Å². The average molecular weight is 302 g/mol. The lowest BCUT2D eigenvalue weighted by Crippen LogP contribution is -2.15. The highest BCUT2D eigenvalue weighted by Gasteiger charge is 2.15. The number of nitrogens with zero attached hydrogens (tertiary/aromatic N) is 1. The van der Waals surface area contributed by atoms with Crippen LogP contribution in [-0.4, -0.2) is 49.8 Å². The van der Waals surface area contributed by atoms with Crippen molar-refractivity contribution >= 4 is 17.6 Å². The summed E-state index contributed by atoms with van der Waals surface area (Å²) in [7, 11) is 3.97. The van der Waals surface area contributed by atoms with E-state index < -0.39 is 5.97 Å². The van der Waals surface area contributed by atoms with Crippen molar-refractivity contribution < 1.29 is 19.4 Å². The summed E-state index contributed by atoms with van der Waals surface area (Å²) in [5.41, 5.74) is 0.0825. The standard InChI is InChI=1S/C14H20ClNO4/c1-4-19-12-9-10(14(17)18)8-11(15)13(12)20-7-5-6-16(2)3/h8-9H,4-7H2,1-3H3,(H,17,18). The molecule has 0 atom stereocenters. The van der Waals surface area contributed by atoms with Gasteiger partial charge in [0.15, 0.2) is 11.5 Å². The van der Waals surface area contributed by atoms with Gasteiger partial charge in [-0.2, -0.15) is 0 Å². The third kappa shape index (κ3) is 4.90. The van der Waals surface area contributed by atoms with Crippen molar-refractivity contribution in [3.05, 3.63) is 22.7 Å². The molecule has 1 aromatic rings. The lowest BCUT2D eigenvalue weighted by molar-refractivity contribution is 0.0696. The molecule has 20 heavy (non-hydrogen) atoms. The van der Waals surface area contributed by atoms with Crippen LogP contribution in [0, 0.1) is 0 Å². The summed E-state index contributed by atoms with van der Waals surface area (Å²) >= 11 is 6.08. The van der Waals surface area contributed by atoms with E-state index in [1.165, 1.54) is 12.1 Å². The first-order chi connectivity index (χ1) is 9.45. The van der Waals surface area contributed by atoms with Gasteiger partial charge in [0.05, 0.1) is 23.8 Å². The van der Waals surface area contributed by atoms with Crippen LogP contribution in [0.1, 0.15) is 23.7 Å². The zero-order valence-corrected chi connectivity index (χ0v) is 12.7. The minimum atomic E-state index is -1.05. The summed E-state index contributed by atoms with van der Waals surface area (Å²) in [5, 5.41) is 9.26. The third-order valence-corrected chi connectivity index (χ3v) is 2.83. The highest BCUT2D eigenvalue weighted by molar-refractivity contribution is 6.32. The van der Waals surface area contributed by atoms with E-state index in [-0.39, 0.29) is 10.6 Å². The number of aromatic carboxylic acids is 1. The van der Waals surface area contributed by atoms with Crippen LogP contribution in [0.4, 0.5) is 0 Å². The molecule has 1 N–H and O–H groups in total. The number of benzene rings is 1. The maximum absolute atomic E-state index is 11.0. The van der Waals surface area contributed by atoms with Crippen molar-refractivity contribution in [1.82, 2.24) is 4.90 Å². The lowest BCUT2D eigenvalue weighted by atomic mass is 10.2. The second kappa shape index (κ2) is 7.97. The van der Waals surface area contributed by atoms with E-state index in [1.807, 2.05) is 21.0 Å². The summed E-state index contributed by atoms with van der Waals surface area (Å²) in [4.78, 5) is 13.1. The Bertz CT molecular complexity index is 463. The number of rotatable bonds is 8. The van der Waals surface area contributed by atoms with Gasteiger partial charge in [-0.15, -0.1) is 0 Å². The first kappa shape index (κ1) is 16.6. The molecule has 112 valence electrons. The van der Waals surface area contributed by atoms with E-state index in [0.29, 0.717) is 24.7 Å². The number of hydrogen-bond acceptors (Lipinski definition) is 4. The monoisotopic (exact) mass is 301 g/mol. The molecule has 0 radical (unpaired) electrons. The van der Waals surface area contributed by atoms with Crippen molar-refractivity contribution in [3.8, 4) is 11.5 Å². The molecule has 0 unspecified atom stereocenters. The number of carboxylic acid groups (broad SMARTS) is 1. The van der Waals surface area contributed by atoms with Crippen LogP contribution in [0.3, 0.4) is 0 Å². The molecular formula is C14H20ClNO4. The Balaban J connectivity index is 2.84. The summed E-state index contributed by atoms with van der Waals surface area (Å²) in [6.07, 6.45) is 0.843. The first-order valence-electron chi connectivity index (χ1n) is 6.42. The zero-order valence-electron chi connectivity index (χ0n) is 12.0. The van der Waals surface area contributed by atoms with Crippen molar-refractivity contribution in [2.75, 3.05) is 33.9 Å². The van der Waals surface area contributed by atoms with Crippen molar-refractivity contribution in [2.24, 2.45) is 0 Å². The predicted molar refractivity (Wildman–Crippen MR) is 78.2 cm³/mol. The largest absolute Gasteiger partial charge is 0.490 e. The molecular weight excluding hydrogens is 282 g/mol. The fraction of sp³-hybridized carbons (Fsp3) is 0.500. The topological polar surface area (TPSA) is 59.0 Å². The number of carbonyl (C=O) groups is 1. The van der Waals surface area contributed by atoms with Crippen LogP contribution in [-0.2, 0) is 0 Å². The zero-order chi connectivity index (χ0) is 15.1. The van der Waals surface area contributed by atoms with Gasteiger partial charge in [-0.25, -0.2) is 4.79 Å². The molecule has 6 heteroatoms. The number of carboxylic acids is 1. The minimum absolute atomic E-state index is 0.0825. The van der Waals surface area contributed by atoms with Gasteiger partial charge in [0, 0.05) is 6.54 Å². The maximum Gasteiger partial charge on any atom is 0.335 e. The Morgan fingerprint density at radius 2 is 2.05 bits per heavy atom. The lowest BCUT2D eigenvalue weighted by Gasteiger charge is -2.15. The molecule has 5 nitrogen and oxygen atoms in total. The number of halogens is 1. The third-order valence-electron chi connectivity index (χ3n) is 2.55. The molecule has 0 aromatic heterocycles. The smallest absolute Gasteiger partial charge is 0.335 e. The van der Waals surface area contributed by atoms with Gasteiger partial charge < -0.3 is 19.5 Å².